The number of nitrogens with zero attached hydrogens (tertiary/aromatic N) is 3. The molecule has 0 amide bonds. The molecule has 1 fully saturated rings. The average Bonchev–Trinajstić information content (AvgIpc) is 3.44. The van der Waals surface area contributed by atoms with Crippen LogP contribution in [0.5, 0.6) is 11.6 Å². The molecular formula is C26H28FN5O3. The number of aliphatic imine (C=N–C) groups is 1. The summed E-state index contributed by atoms with van der Waals surface area (Å²) >= 11 is 0. The van der Waals surface area contributed by atoms with Crippen molar-refractivity contribution >= 4 is 22.9 Å². The molecule has 0 unspecified atom stereocenters. The number of hydrogen-bond donors (Lipinski definition) is 3. The largest absolute Gasteiger partial charge is 0.494 e. The number of nitrogens with one attached hydrogen (secondary N) is 2. The lowest BCUT2D eigenvalue weighted by molar-refractivity contribution is 0.0358. The van der Waals surface area contributed by atoms with Gasteiger partial charge in [0.15, 0.2) is 11.7 Å². The fourth-order valence-electron chi connectivity index (χ4n) is 4.17. The molecular weight excluding hydrogens is 449 g/mol. The number of hydrogen-bond acceptors (Lipinski definition) is 6. The third-order valence-electron chi connectivity index (χ3n) is 6.03. The van der Waals surface area contributed by atoms with E-state index in [2.05, 4.69) is 25.1 Å². The lowest BCUT2D eigenvalue weighted by Crippen LogP contribution is -2.37. The lowest BCUT2D eigenvalue weighted by atomic mass is 10.1. The highest BCUT2D eigenvalue weighted by Crippen LogP contribution is 2.27. The van der Waals surface area contributed by atoms with Gasteiger partial charge in [-0.1, -0.05) is 12.1 Å². The lowest BCUT2D eigenvalue weighted by Gasteiger charge is -2.26. The van der Waals surface area contributed by atoms with E-state index in [-0.39, 0.29) is 11.7 Å². The Labute approximate surface area is 202 Å². The van der Waals surface area contributed by atoms with Crippen molar-refractivity contribution in [3.05, 3.63) is 71.2 Å². The van der Waals surface area contributed by atoms with E-state index in [0.717, 1.165) is 56.3 Å². The number of ether oxygens (including phenoxy) is 2. The van der Waals surface area contributed by atoms with Crippen LogP contribution in [-0.4, -0.2) is 70.9 Å². The molecule has 0 aliphatic carbocycles. The van der Waals surface area contributed by atoms with Crippen LogP contribution in [0.1, 0.15) is 23.2 Å². The number of rotatable bonds is 9. The zero-order valence-corrected chi connectivity index (χ0v) is 19.3. The minimum Gasteiger partial charge on any atom is -0.494 e. The minimum absolute atomic E-state index is 0.0616. The molecule has 0 spiro atoms. The summed E-state index contributed by atoms with van der Waals surface area (Å²) in [6, 6.07) is 14.2. The van der Waals surface area contributed by atoms with Crippen LogP contribution in [0, 0.1) is 5.82 Å². The molecule has 5 rings (SSSR count). The highest BCUT2D eigenvalue weighted by Gasteiger charge is 2.11. The van der Waals surface area contributed by atoms with Crippen LogP contribution in [0.25, 0.3) is 10.9 Å². The van der Waals surface area contributed by atoms with E-state index in [0.29, 0.717) is 35.3 Å². The second kappa shape index (κ2) is 10.7. The monoisotopic (exact) mass is 477 g/mol. The van der Waals surface area contributed by atoms with Crippen LogP contribution in [-0.2, 0) is 11.2 Å². The van der Waals surface area contributed by atoms with Crippen LogP contribution in [0.2, 0.25) is 0 Å². The predicted octanol–water partition coefficient (Wildman–Crippen LogP) is 4.18. The topological polar surface area (TPSA) is 98.8 Å². The van der Waals surface area contributed by atoms with Crippen molar-refractivity contribution in [3.63, 3.8) is 0 Å². The van der Waals surface area contributed by atoms with Crippen LogP contribution < -0.4 is 4.74 Å². The molecule has 2 aromatic heterocycles. The maximum absolute atomic E-state index is 13.4. The summed E-state index contributed by atoms with van der Waals surface area (Å²) < 4.78 is 24.7. The van der Waals surface area contributed by atoms with Gasteiger partial charge in [0.25, 0.3) is 0 Å². The first-order valence-electron chi connectivity index (χ1n) is 11.7. The zero-order chi connectivity index (χ0) is 24.0. The average molecular weight is 478 g/mol. The maximum atomic E-state index is 13.4. The van der Waals surface area contributed by atoms with E-state index in [1.807, 2.05) is 30.3 Å². The third kappa shape index (κ3) is 5.87. The first-order valence-corrected chi connectivity index (χ1v) is 11.7. The highest BCUT2D eigenvalue weighted by molar-refractivity contribution is 6.02. The van der Waals surface area contributed by atoms with Gasteiger partial charge < -0.3 is 19.6 Å². The van der Waals surface area contributed by atoms with E-state index >= 15 is 0 Å². The molecule has 1 saturated heterocycles. The van der Waals surface area contributed by atoms with Gasteiger partial charge in [-0.15, -0.1) is 0 Å². The Balaban J connectivity index is 1.13. The van der Waals surface area contributed by atoms with Crippen LogP contribution in [0.15, 0.2) is 53.5 Å². The fourth-order valence-corrected chi connectivity index (χ4v) is 4.17. The molecule has 0 atom stereocenters. The predicted molar refractivity (Wildman–Crippen MR) is 132 cm³/mol. The van der Waals surface area contributed by atoms with Gasteiger partial charge in [-0.25, -0.2) is 9.38 Å². The van der Waals surface area contributed by atoms with Gasteiger partial charge in [-0.2, -0.15) is 5.10 Å². The maximum Gasteiger partial charge on any atom is 0.198 e. The SMILES string of the molecule is Oc1[nH]c2cc(F)ccc2c1C=Nc1cc(Cc2ccc(OCCCN3CCOCC3)cc2)[nH]n1. The Hall–Kier alpha value is -3.69. The van der Waals surface area contributed by atoms with Crippen LogP contribution >= 0.6 is 0 Å². The molecule has 1 aliphatic rings. The summed E-state index contributed by atoms with van der Waals surface area (Å²) in [5.41, 5.74) is 3.05. The van der Waals surface area contributed by atoms with Crippen molar-refractivity contribution < 1.29 is 19.0 Å². The molecule has 3 heterocycles. The number of aromatic hydroxyl groups is 1. The summed E-state index contributed by atoms with van der Waals surface area (Å²) in [6.45, 7) is 5.37. The molecule has 35 heavy (non-hydrogen) atoms. The number of benzene rings is 2. The number of fused-ring (bicyclic) bond motifs is 1. The van der Waals surface area contributed by atoms with Crippen molar-refractivity contribution in [2.24, 2.45) is 4.99 Å². The number of aromatic nitrogens is 3. The molecule has 4 aromatic rings. The van der Waals surface area contributed by atoms with Gasteiger partial charge in [0.2, 0.25) is 0 Å². The fraction of sp³-hybridized carbons (Fsp3) is 0.308. The van der Waals surface area contributed by atoms with Crippen LogP contribution in [0.4, 0.5) is 10.2 Å². The van der Waals surface area contributed by atoms with Crippen molar-refractivity contribution in [3.8, 4) is 11.6 Å². The van der Waals surface area contributed by atoms with E-state index in [1.165, 1.54) is 18.3 Å². The molecule has 3 N–H and O–H groups in total. The van der Waals surface area contributed by atoms with Crippen molar-refractivity contribution in [1.29, 1.82) is 0 Å². The standard InChI is InChI=1S/C26H28FN5O3/c27-19-4-7-22-23(26(33)29-24(22)15-19)17-28-25-16-20(30-31-25)14-18-2-5-21(6-3-18)35-11-1-8-32-9-12-34-13-10-32/h2-7,15-17,29,33H,1,8-14H2,(H,30,31). The number of H-pyrrole nitrogens is 2. The zero-order valence-electron chi connectivity index (χ0n) is 19.3. The molecule has 0 radical (unpaired) electrons. The van der Waals surface area contributed by atoms with Crippen molar-refractivity contribution in [2.75, 3.05) is 39.5 Å². The summed E-state index contributed by atoms with van der Waals surface area (Å²) in [5.74, 6) is 0.927. The summed E-state index contributed by atoms with van der Waals surface area (Å²) in [7, 11) is 0. The smallest absolute Gasteiger partial charge is 0.198 e. The molecule has 0 bridgehead atoms. The van der Waals surface area contributed by atoms with Gasteiger partial charge in [0, 0.05) is 49.4 Å². The molecule has 182 valence electrons. The molecule has 1 aliphatic heterocycles. The Bertz CT molecular complexity index is 1290. The second-order valence-corrected chi connectivity index (χ2v) is 8.56. The number of halogens is 1. The number of aromatic amines is 2. The summed E-state index contributed by atoms with van der Waals surface area (Å²) in [6.07, 6.45) is 3.20. The Kier molecular flexibility index (Phi) is 7.06. The Morgan fingerprint density at radius 2 is 1.97 bits per heavy atom. The third-order valence-corrected chi connectivity index (χ3v) is 6.03. The van der Waals surface area contributed by atoms with Gasteiger partial charge in [-0.05, 0) is 42.3 Å². The summed E-state index contributed by atoms with van der Waals surface area (Å²) in [4.78, 5) is 9.52. The van der Waals surface area contributed by atoms with Crippen molar-refractivity contribution in [2.45, 2.75) is 12.8 Å². The van der Waals surface area contributed by atoms with Gasteiger partial charge in [0.05, 0.1) is 30.9 Å². The van der Waals surface area contributed by atoms with Gasteiger partial charge in [0.1, 0.15) is 11.6 Å². The van der Waals surface area contributed by atoms with Crippen molar-refractivity contribution in [1.82, 2.24) is 20.1 Å². The van der Waals surface area contributed by atoms with E-state index in [9.17, 15) is 9.50 Å². The first-order chi connectivity index (χ1) is 17.1. The highest BCUT2D eigenvalue weighted by atomic mass is 19.1. The first kappa shape index (κ1) is 23.1. The Morgan fingerprint density at radius 1 is 1.14 bits per heavy atom. The van der Waals surface area contributed by atoms with Crippen LogP contribution in [0.3, 0.4) is 0 Å². The molecule has 9 heteroatoms. The van der Waals surface area contributed by atoms with Gasteiger partial charge in [-0.3, -0.25) is 10.00 Å². The summed E-state index contributed by atoms with van der Waals surface area (Å²) in [5, 5.41) is 18.1. The Morgan fingerprint density at radius 3 is 2.80 bits per heavy atom. The minimum atomic E-state index is -0.373. The van der Waals surface area contributed by atoms with E-state index in [1.54, 1.807) is 6.07 Å². The quantitative estimate of drug-likeness (QED) is 0.248. The molecule has 8 nitrogen and oxygen atoms in total. The molecule has 0 saturated carbocycles. The molecule has 2 aromatic carbocycles. The second-order valence-electron chi connectivity index (χ2n) is 8.56. The normalized spacial score (nSPS) is 14.8. The number of morpholine rings is 1. The van der Waals surface area contributed by atoms with E-state index in [4.69, 9.17) is 9.47 Å². The van der Waals surface area contributed by atoms with Gasteiger partial charge >= 0.3 is 0 Å². The van der Waals surface area contributed by atoms with E-state index < -0.39 is 0 Å².